The first-order valence-electron chi connectivity index (χ1n) is 11.0. The van der Waals surface area contributed by atoms with Crippen molar-refractivity contribution in [3.05, 3.63) is 96.9 Å². The van der Waals surface area contributed by atoms with Crippen molar-refractivity contribution in [2.45, 2.75) is 19.9 Å². The number of aromatic nitrogens is 2. The fourth-order valence-electron chi connectivity index (χ4n) is 3.85. The van der Waals surface area contributed by atoms with Gasteiger partial charge in [0.25, 0.3) is 11.5 Å². The van der Waals surface area contributed by atoms with Crippen molar-refractivity contribution in [3.63, 3.8) is 0 Å². The number of nitrogens with zero attached hydrogens (tertiary/aromatic N) is 4. The largest absolute Gasteiger partial charge is 0.494 e. The van der Waals surface area contributed by atoms with E-state index in [0.717, 1.165) is 21.9 Å². The van der Waals surface area contributed by atoms with E-state index in [-0.39, 0.29) is 42.1 Å². The first-order chi connectivity index (χ1) is 17.7. The van der Waals surface area contributed by atoms with Gasteiger partial charge in [0.05, 0.1) is 17.0 Å². The molecule has 1 aromatic carbocycles. The molecule has 1 amide bonds. The molecule has 2 aromatic heterocycles. The maximum atomic E-state index is 13.2. The Hall–Kier alpha value is -3.78. The highest BCUT2D eigenvalue weighted by Gasteiger charge is 2.33. The van der Waals surface area contributed by atoms with Crippen LogP contribution in [0.2, 0.25) is 5.02 Å². The molecule has 1 N–H and O–H groups in total. The van der Waals surface area contributed by atoms with Crippen LogP contribution in [0.1, 0.15) is 39.0 Å². The summed E-state index contributed by atoms with van der Waals surface area (Å²) < 4.78 is 1.28. The fourth-order valence-corrected chi connectivity index (χ4v) is 5.28. The van der Waals surface area contributed by atoms with Crippen LogP contribution < -0.4 is 5.56 Å². The van der Waals surface area contributed by atoms with Gasteiger partial charge in [0, 0.05) is 30.4 Å². The molecule has 0 bridgehead atoms. The molecule has 3 heterocycles. The Balaban J connectivity index is 1.57. The summed E-state index contributed by atoms with van der Waals surface area (Å²) in [7, 11) is 0. The van der Waals surface area contributed by atoms with Gasteiger partial charge in [-0.05, 0) is 47.9 Å². The average molecular weight is 551 g/mol. The first-order valence-corrected chi connectivity index (χ1v) is 12.6. The van der Waals surface area contributed by atoms with Crippen LogP contribution in [0.3, 0.4) is 0 Å². The Bertz CT molecular complexity index is 1540. The Morgan fingerprint density at radius 2 is 2.00 bits per heavy atom. The number of ketones is 1. The zero-order chi connectivity index (χ0) is 26.7. The van der Waals surface area contributed by atoms with Crippen LogP contribution in [0.5, 0.6) is 5.88 Å². The predicted octanol–water partition coefficient (Wildman–Crippen LogP) is 4.30. The van der Waals surface area contributed by atoms with Crippen molar-refractivity contribution < 1.29 is 14.7 Å². The molecule has 1 aliphatic heterocycles. The van der Waals surface area contributed by atoms with E-state index in [9.17, 15) is 24.8 Å². The van der Waals surface area contributed by atoms with E-state index in [1.165, 1.54) is 18.0 Å². The third-order valence-electron chi connectivity index (χ3n) is 5.75. The lowest BCUT2D eigenvalue weighted by Crippen LogP contribution is -2.31. The van der Waals surface area contributed by atoms with Crippen LogP contribution in [0.25, 0.3) is 6.08 Å². The number of hydrogen-bond acceptors (Lipinski definition) is 8. The second-order valence-electron chi connectivity index (χ2n) is 8.12. The van der Waals surface area contributed by atoms with Gasteiger partial charge in [0.1, 0.15) is 16.0 Å². The molecule has 1 fully saturated rings. The van der Waals surface area contributed by atoms with Gasteiger partial charge in [-0.25, -0.2) is 0 Å². The summed E-state index contributed by atoms with van der Waals surface area (Å²) in [6.07, 6.45) is 4.60. The third-order valence-corrected chi connectivity index (χ3v) is 7.38. The van der Waals surface area contributed by atoms with Gasteiger partial charge in [-0.3, -0.25) is 28.8 Å². The molecule has 0 atom stereocenters. The van der Waals surface area contributed by atoms with Gasteiger partial charge < -0.3 is 5.11 Å². The van der Waals surface area contributed by atoms with Gasteiger partial charge in [-0.15, -0.1) is 0 Å². The zero-order valence-electron chi connectivity index (χ0n) is 19.5. The van der Waals surface area contributed by atoms with E-state index in [1.807, 2.05) is 6.07 Å². The highest BCUT2D eigenvalue weighted by atomic mass is 35.5. The number of pyridine rings is 2. The minimum atomic E-state index is -0.706. The van der Waals surface area contributed by atoms with Crippen molar-refractivity contribution in [2.75, 3.05) is 6.54 Å². The summed E-state index contributed by atoms with van der Waals surface area (Å²) in [5.41, 5.74) is 0.397. The molecule has 0 aliphatic carbocycles. The standard InChI is InChI=1S/C26H19ClN4O4S2/c1-15-19(12-28)23(33)31(14-17-3-2-9-29-13-17)25(35)22(15)20(32)8-10-30-24(34)21(37-26(30)36)11-16-4-6-18(27)7-5-16/h2-7,9,11,13,35H,8,10,14H2,1H3/b21-11-. The minimum Gasteiger partial charge on any atom is -0.494 e. The SMILES string of the molecule is Cc1c(C(=O)CCN2C(=O)/C(=C/c3ccc(Cl)cc3)SC2=S)c(O)n(Cc2cccnc2)c(=O)c1C#N. The fraction of sp³-hybridized carbons (Fsp3) is 0.154. The highest BCUT2D eigenvalue weighted by Crippen LogP contribution is 2.33. The molecule has 37 heavy (non-hydrogen) atoms. The van der Waals surface area contributed by atoms with Crippen LogP contribution >= 0.6 is 35.6 Å². The number of Topliss-reactive ketones (excluding diaryl/α,β-unsaturated/α-hetero) is 1. The Morgan fingerprint density at radius 3 is 2.65 bits per heavy atom. The zero-order valence-corrected chi connectivity index (χ0v) is 21.9. The first kappa shape index (κ1) is 26.3. The molecule has 11 heteroatoms. The van der Waals surface area contributed by atoms with E-state index in [0.29, 0.717) is 19.8 Å². The number of carbonyl (C=O) groups is 2. The van der Waals surface area contributed by atoms with E-state index in [1.54, 1.807) is 48.7 Å². The molecule has 1 saturated heterocycles. The number of thioether (sulfide) groups is 1. The van der Waals surface area contributed by atoms with Gasteiger partial charge >= 0.3 is 0 Å². The Labute approximate surface area is 226 Å². The summed E-state index contributed by atoms with van der Waals surface area (Å²) >= 11 is 12.4. The lowest BCUT2D eigenvalue weighted by atomic mass is 9.99. The summed E-state index contributed by atoms with van der Waals surface area (Å²) in [4.78, 5) is 44.7. The number of amides is 1. The molecule has 186 valence electrons. The Morgan fingerprint density at radius 1 is 1.27 bits per heavy atom. The monoisotopic (exact) mass is 550 g/mol. The molecule has 1 aliphatic rings. The van der Waals surface area contributed by atoms with Crippen molar-refractivity contribution >= 4 is 57.7 Å². The lowest BCUT2D eigenvalue weighted by molar-refractivity contribution is -0.122. The van der Waals surface area contributed by atoms with Gasteiger partial charge in [-0.1, -0.05) is 53.8 Å². The van der Waals surface area contributed by atoms with E-state index in [2.05, 4.69) is 4.98 Å². The Kier molecular flexibility index (Phi) is 7.88. The number of hydrogen-bond donors (Lipinski definition) is 1. The third kappa shape index (κ3) is 5.49. The second-order valence-corrected chi connectivity index (χ2v) is 10.2. The maximum absolute atomic E-state index is 13.2. The van der Waals surface area contributed by atoms with Crippen LogP contribution in [-0.4, -0.2) is 42.1 Å². The smallest absolute Gasteiger partial charge is 0.271 e. The molecule has 0 saturated carbocycles. The van der Waals surface area contributed by atoms with Crippen molar-refractivity contribution in [1.29, 1.82) is 5.26 Å². The second kappa shape index (κ2) is 11.1. The number of carbonyl (C=O) groups excluding carboxylic acids is 2. The molecule has 3 aromatic rings. The number of nitriles is 1. The van der Waals surface area contributed by atoms with Crippen molar-refractivity contribution in [1.82, 2.24) is 14.5 Å². The van der Waals surface area contributed by atoms with E-state index < -0.39 is 17.2 Å². The number of rotatable bonds is 7. The van der Waals surface area contributed by atoms with Crippen LogP contribution in [-0.2, 0) is 11.3 Å². The van der Waals surface area contributed by atoms with Gasteiger partial charge in [-0.2, -0.15) is 5.26 Å². The van der Waals surface area contributed by atoms with Crippen LogP contribution in [0.4, 0.5) is 0 Å². The predicted molar refractivity (Wildman–Crippen MR) is 145 cm³/mol. The molecule has 0 radical (unpaired) electrons. The summed E-state index contributed by atoms with van der Waals surface area (Å²) in [6, 6.07) is 12.2. The summed E-state index contributed by atoms with van der Waals surface area (Å²) in [5, 5.41) is 21.1. The van der Waals surface area contributed by atoms with Crippen molar-refractivity contribution in [3.8, 4) is 11.9 Å². The molecule has 4 rings (SSSR count). The normalized spacial score (nSPS) is 14.3. The molecular formula is C26H19ClN4O4S2. The summed E-state index contributed by atoms with van der Waals surface area (Å²) in [5.74, 6) is -1.40. The van der Waals surface area contributed by atoms with Crippen LogP contribution in [0.15, 0.2) is 58.5 Å². The molecule has 8 nitrogen and oxygen atoms in total. The highest BCUT2D eigenvalue weighted by molar-refractivity contribution is 8.26. The summed E-state index contributed by atoms with van der Waals surface area (Å²) in [6.45, 7) is 1.34. The average Bonchev–Trinajstić information content (AvgIpc) is 3.14. The minimum absolute atomic E-state index is 0.0239. The van der Waals surface area contributed by atoms with Crippen molar-refractivity contribution in [2.24, 2.45) is 0 Å². The number of aromatic hydroxyl groups is 1. The van der Waals surface area contributed by atoms with Crippen LogP contribution in [0, 0.1) is 18.3 Å². The van der Waals surface area contributed by atoms with Gasteiger partial charge in [0.2, 0.25) is 5.88 Å². The number of benzene rings is 1. The molecule has 0 unspecified atom stereocenters. The number of thiocarbonyl (C=S) groups is 1. The topological polar surface area (TPSA) is 116 Å². The van der Waals surface area contributed by atoms with E-state index in [4.69, 9.17) is 23.8 Å². The lowest BCUT2D eigenvalue weighted by Gasteiger charge is -2.17. The number of halogens is 1. The maximum Gasteiger partial charge on any atom is 0.271 e. The van der Waals surface area contributed by atoms with Gasteiger partial charge in [0.15, 0.2) is 5.78 Å². The molecule has 0 spiro atoms. The van der Waals surface area contributed by atoms with E-state index >= 15 is 0 Å². The quantitative estimate of drug-likeness (QED) is 0.263. The molecular weight excluding hydrogens is 532 g/mol.